The monoisotopic (exact) mass is 438 g/mol. The van der Waals surface area contributed by atoms with E-state index < -0.39 is 0 Å². The number of carbonyl (C=O) groups is 1. The van der Waals surface area contributed by atoms with Crippen LogP contribution in [-0.4, -0.2) is 20.7 Å². The molecular weight excluding hydrogens is 412 g/mol. The molecule has 0 aliphatic rings. The largest absolute Gasteiger partial charge is 0.489 e. The molecule has 33 heavy (non-hydrogen) atoms. The van der Waals surface area contributed by atoms with Gasteiger partial charge in [0.05, 0.1) is 5.69 Å². The van der Waals surface area contributed by atoms with E-state index in [1.165, 1.54) is 6.08 Å². The maximum Gasteiger partial charge on any atom is 0.244 e. The van der Waals surface area contributed by atoms with Gasteiger partial charge in [0.1, 0.15) is 12.4 Å². The summed E-state index contributed by atoms with van der Waals surface area (Å²) < 4.78 is 7.59. The highest BCUT2D eigenvalue weighted by Gasteiger charge is 2.05. The molecule has 0 spiro atoms. The summed E-state index contributed by atoms with van der Waals surface area (Å²) in [5, 5.41) is 7.32. The van der Waals surface area contributed by atoms with Crippen molar-refractivity contribution in [2.75, 3.05) is 0 Å². The van der Waals surface area contributed by atoms with Crippen LogP contribution in [0.25, 0.3) is 11.9 Å². The lowest BCUT2D eigenvalue weighted by molar-refractivity contribution is -0.116. The van der Waals surface area contributed by atoms with Crippen LogP contribution in [0.5, 0.6) is 5.75 Å². The summed E-state index contributed by atoms with van der Waals surface area (Å²) in [5.41, 5.74) is 4.94. The maximum absolute atomic E-state index is 12.2. The number of aryl methyl sites for hydroxylation is 2. The van der Waals surface area contributed by atoms with E-state index in [9.17, 15) is 4.79 Å². The van der Waals surface area contributed by atoms with Crippen molar-refractivity contribution in [2.45, 2.75) is 27.0 Å². The minimum atomic E-state index is -0.165. The molecule has 1 N–H and O–H groups in total. The second-order valence-corrected chi connectivity index (χ2v) is 7.76. The quantitative estimate of drug-likeness (QED) is 0.402. The summed E-state index contributed by atoms with van der Waals surface area (Å²) in [6, 6.07) is 23.5. The van der Waals surface area contributed by atoms with E-state index in [4.69, 9.17) is 4.74 Å². The van der Waals surface area contributed by atoms with E-state index in [2.05, 4.69) is 15.4 Å². The van der Waals surface area contributed by atoms with Crippen molar-refractivity contribution in [3.63, 3.8) is 0 Å². The van der Waals surface area contributed by atoms with Gasteiger partial charge in [-0.15, -0.1) is 0 Å². The van der Waals surface area contributed by atoms with Gasteiger partial charge in [-0.3, -0.25) is 4.79 Å². The molecule has 6 nitrogen and oxygen atoms in total. The van der Waals surface area contributed by atoms with Crippen LogP contribution in [0.15, 0.2) is 85.1 Å². The lowest BCUT2D eigenvalue weighted by atomic mass is 10.2. The Labute approximate surface area is 193 Å². The lowest BCUT2D eigenvalue weighted by Gasteiger charge is -2.06. The predicted molar refractivity (Wildman–Crippen MR) is 129 cm³/mol. The molecule has 0 bridgehead atoms. The molecule has 4 aromatic rings. The molecule has 0 saturated carbocycles. The Morgan fingerprint density at radius 2 is 1.79 bits per heavy atom. The normalized spacial score (nSPS) is 11.0. The highest BCUT2D eigenvalue weighted by atomic mass is 16.5. The van der Waals surface area contributed by atoms with Gasteiger partial charge in [0, 0.05) is 24.5 Å². The summed E-state index contributed by atoms with van der Waals surface area (Å²) in [4.78, 5) is 16.7. The maximum atomic E-state index is 12.2. The molecule has 2 aromatic carbocycles. The van der Waals surface area contributed by atoms with Gasteiger partial charge in [-0.2, -0.15) is 5.10 Å². The molecular formula is C27H26N4O2. The molecule has 0 saturated heterocycles. The zero-order chi connectivity index (χ0) is 23.0. The Balaban J connectivity index is 1.25. The van der Waals surface area contributed by atoms with Gasteiger partial charge >= 0.3 is 0 Å². The molecule has 0 atom stereocenters. The predicted octanol–water partition coefficient (Wildman–Crippen LogP) is 4.79. The van der Waals surface area contributed by atoms with Gasteiger partial charge in [-0.25, -0.2) is 9.67 Å². The fourth-order valence-electron chi connectivity index (χ4n) is 3.34. The highest BCUT2D eigenvalue weighted by Crippen LogP contribution is 2.15. The third-order valence-corrected chi connectivity index (χ3v) is 5.06. The highest BCUT2D eigenvalue weighted by molar-refractivity contribution is 5.91. The Morgan fingerprint density at radius 1 is 1.00 bits per heavy atom. The minimum Gasteiger partial charge on any atom is -0.489 e. The Morgan fingerprint density at radius 3 is 2.45 bits per heavy atom. The average Bonchev–Trinajstić information content (AvgIpc) is 3.19. The number of hydrogen-bond acceptors (Lipinski definition) is 4. The van der Waals surface area contributed by atoms with Crippen LogP contribution >= 0.6 is 0 Å². The molecule has 4 rings (SSSR count). The first-order valence-corrected chi connectivity index (χ1v) is 10.8. The number of rotatable bonds is 8. The van der Waals surface area contributed by atoms with Crippen molar-refractivity contribution >= 4 is 12.0 Å². The summed E-state index contributed by atoms with van der Waals surface area (Å²) in [7, 11) is 0. The molecule has 1 amide bonds. The molecule has 0 aliphatic carbocycles. The molecule has 0 unspecified atom stereocenters. The van der Waals surface area contributed by atoms with Gasteiger partial charge in [0.15, 0.2) is 5.82 Å². The number of carbonyl (C=O) groups excluding carboxylic acids is 1. The molecule has 0 aliphatic heterocycles. The molecule has 0 fully saturated rings. The first kappa shape index (κ1) is 22.0. The van der Waals surface area contributed by atoms with Crippen molar-refractivity contribution in [2.24, 2.45) is 0 Å². The first-order valence-electron chi connectivity index (χ1n) is 10.8. The van der Waals surface area contributed by atoms with Crippen molar-refractivity contribution in [1.29, 1.82) is 0 Å². The van der Waals surface area contributed by atoms with Crippen LogP contribution in [0.2, 0.25) is 0 Å². The van der Waals surface area contributed by atoms with E-state index in [-0.39, 0.29) is 5.91 Å². The number of pyridine rings is 1. The molecule has 166 valence electrons. The smallest absolute Gasteiger partial charge is 0.244 e. The van der Waals surface area contributed by atoms with E-state index in [1.54, 1.807) is 17.0 Å². The van der Waals surface area contributed by atoms with Crippen molar-refractivity contribution in [1.82, 2.24) is 20.1 Å². The third-order valence-electron chi connectivity index (χ3n) is 5.06. The molecule has 0 radical (unpaired) electrons. The number of benzene rings is 2. The fraction of sp³-hybridized carbons (Fsp3) is 0.148. The lowest BCUT2D eigenvalue weighted by Crippen LogP contribution is -2.20. The molecule has 2 heterocycles. The van der Waals surface area contributed by atoms with E-state index in [0.29, 0.717) is 13.2 Å². The van der Waals surface area contributed by atoms with Gasteiger partial charge in [-0.05, 0) is 60.9 Å². The fourth-order valence-corrected chi connectivity index (χ4v) is 3.34. The molecule has 2 aromatic heterocycles. The number of nitrogens with one attached hydrogen (secondary N) is 1. The van der Waals surface area contributed by atoms with Gasteiger partial charge < -0.3 is 10.1 Å². The summed E-state index contributed by atoms with van der Waals surface area (Å²) >= 11 is 0. The number of nitrogens with zero attached hydrogens (tertiary/aromatic N) is 3. The Kier molecular flexibility index (Phi) is 6.95. The third kappa shape index (κ3) is 6.17. The second-order valence-electron chi connectivity index (χ2n) is 7.76. The van der Waals surface area contributed by atoms with Gasteiger partial charge in [0.25, 0.3) is 0 Å². The Bertz CT molecular complexity index is 1230. The zero-order valence-corrected chi connectivity index (χ0v) is 18.7. The zero-order valence-electron chi connectivity index (χ0n) is 18.7. The standard InChI is InChI=1S/C27H26N4O2/c1-20-16-21(2)31(30-20)26-14-10-24(17-28-26)18-29-27(32)15-11-22-8-12-25(13-9-22)33-19-23-6-4-3-5-7-23/h3-17H,18-19H2,1-2H3,(H,29,32). The topological polar surface area (TPSA) is 69.0 Å². The van der Waals surface area contributed by atoms with Crippen molar-refractivity contribution in [3.8, 4) is 11.6 Å². The first-order chi connectivity index (χ1) is 16.1. The molecule has 6 heteroatoms. The van der Waals surface area contributed by atoms with Crippen LogP contribution < -0.4 is 10.1 Å². The average molecular weight is 439 g/mol. The van der Waals surface area contributed by atoms with Crippen LogP contribution in [0.3, 0.4) is 0 Å². The summed E-state index contributed by atoms with van der Waals surface area (Å²) in [6.07, 6.45) is 5.06. The van der Waals surface area contributed by atoms with E-state index in [1.807, 2.05) is 86.6 Å². The van der Waals surface area contributed by atoms with Crippen LogP contribution in [0.1, 0.15) is 28.1 Å². The SMILES string of the molecule is Cc1cc(C)n(-c2ccc(CNC(=O)C=Cc3ccc(OCc4ccccc4)cc3)cn2)n1. The Hall–Kier alpha value is -4.19. The van der Waals surface area contributed by atoms with Crippen molar-refractivity contribution < 1.29 is 9.53 Å². The van der Waals surface area contributed by atoms with E-state index in [0.717, 1.165) is 39.6 Å². The van der Waals surface area contributed by atoms with E-state index >= 15 is 0 Å². The van der Waals surface area contributed by atoms with Crippen LogP contribution in [0, 0.1) is 13.8 Å². The second kappa shape index (κ2) is 10.4. The van der Waals surface area contributed by atoms with Crippen LogP contribution in [-0.2, 0) is 17.9 Å². The van der Waals surface area contributed by atoms with Crippen LogP contribution in [0.4, 0.5) is 0 Å². The number of amides is 1. The van der Waals surface area contributed by atoms with Gasteiger partial charge in [-0.1, -0.05) is 48.5 Å². The number of ether oxygens (including phenoxy) is 1. The summed E-state index contributed by atoms with van der Waals surface area (Å²) in [6.45, 7) is 4.87. The minimum absolute atomic E-state index is 0.165. The van der Waals surface area contributed by atoms with Gasteiger partial charge in [0.2, 0.25) is 5.91 Å². The number of aromatic nitrogens is 3. The number of hydrogen-bond donors (Lipinski definition) is 1. The summed E-state index contributed by atoms with van der Waals surface area (Å²) in [5.74, 6) is 1.38. The van der Waals surface area contributed by atoms with Crippen molar-refractivity contribution in [3.05, 3.63) is 113 Å².